The third kappa shape index (κ3) is 4.26. The molecule has 2 rings (SSSR count). The predicted octanol–water partition coefficient (Wildman–Crippen LogP) is 3.01. The van der Waals surface area contributed by atoms with Crippen molar-refractivity contribution in [3.05, 3.63) is 70.2 Å². The summed E-state index contributed by atoms with van der Waals surface area (Å²) in [5, 5.41) is 12.6. The average Bonchev–Trinajstić information content (AvgIpc) is 2.49. The summed E-state index contributed by atoms with van der Waals surface area (Å²) < 4.78 is 25.9. The molecule has 1 atom stereocenters. The molecule has 0 aromatic heterocycles. The highest BCUT2D eigenvalue weighted by molar-refractivity contribution is 6.30. The Bertz CT molecular complexity index is 662. The molecule has 3 nitrogen and oxygen atoms in total. The zero-order valence-electron chi connectivity index (χ0n) is 11.5. The van der Waals surface area contributed by atoms with Crippen LogP contribution in [0.5, 0.6) is 0 Å². The van der Waals surface area contributed by atoms with E-state index in [-0.39, 0.29) is 13.0 Å². The van der Waals surface area contributed by atoms with Crippen LogP contribution >= 0.6 is 11.6 Å². The number of carbonyl (C=O) groups is 1. The lowest BCUT2D eigenvalue weighted by atomic mass is 10.1. The molecule has 2 aromatic rings. The first kappa shape index (κ1) is 16.4. The van der Waals surface area contributed by atoms with Gasteiger partial charge >= 0.3 is 0 Å². The minimum absolute atomic E-state index is 0.110. The minimum atomic E-state index is -0.998. The lowest BCUT2D eigenvalue weighted by Gasteiger charge is -2.17. The Balaban J connectivity index is 2.02. The Morgan fingerprint density at radius 2 is 1.82 bits per heavy atom. The Labute approximate surface area is 131 Å². The van der Waals surface area contributed by atoms with Gasteiger partial charge in [0, 0.05) is 5.02 Å². The Morgan fingerprint density at radius 3 is 2.41 bits per heavy atom. The molecule has 0 aliphatic rings. The molecular formula is C16H14ClF2NO2. The van der Waals surface area contributed by atoms with E-state index in [9.17, 15) is 18.7 Å². The second kappa shape index (κ2) is 7.33. The summed E-state index contributed by atoms with van der Waals surface area (Å²) in [5.41, 5.74) is 1.05. The number of aliphatic hydroxyl groups is 1. The number of carbonyl (C=O) groups excluding carboxylic acids is 1. The summed E-state index contributed by atoms with van der Waals surface area (Å²) in [6, 6.07) is 9.40. The Hall–Kier alpha value is -1.98. The molecule has 2 N–H and O–H groups in total. The monoisotopic (exact) mass is 325 g/mol. The van der Waals surface area contributed by atoms with E-state index in [2.05, 4.69) is 5.32 Å². The molecule has 2 aromatic carbocycles. The van der Waals surface area contributed by atoms with E-state index in [4.69, 9.17) is 11.6 Å². The molecule has 0 radical (unpaired) electrons. The summed E-state index contributed by atoms with van der Waals surface area (Å²) in [4.78, 5) is 12.0. The van der Waals surface area contributed by atoms with Gasteiger partial charge in [0.05, 0.1) is 19.1 Å². The van der Waals surface area contributed by atoms with Crippen molar-refractivity contribution in [2.75, 3.05) is 6.61 Å². The van der Waals surface area contributed by atoms with Crippen LogP contribution in [-0.2, 0) is 11.2 Å². The molecule has 1 unspecified atom stereocenters. The molecule has 6 heteroatoms. The van der Waals surface area contributed by atoms with Crippen LogP contribution in [0.4, 0.5) is 8.78 Å². The molecule has 0 aliphatic carbocycles. The van der Waals surface area contributed by atoms with Crippen molar-refractivity contribution in [1.82, 2.24) is 5.32 Å². The predicted molar refractivity (Wildman–Crippen MR) is 79.5 cm³/mol. The number of hydrogen-bond donors (Lipinski definition) is 2. The third-order valence-electron chi connectivity index (χ3n) is 3.14. The number of halogens is 3. The van der Waals surface area contributed by atoms with Gasteiger partial charge in [0.1, 0.15) is 0 Å². The second-order valence-corrected chi connectivity index (χ2v) is 5.22. The van der Waals surface area contributed by atoms with Gasteiger partial charge in [0.25, 0.3) is 0 Å². The van der Waals surface area contributed by atoms with E-state index in [0.29, 0.717) is 16.1 Å². The van der Waals surface area contributed by atoms with E-state index >= 15 is 0 Å². The normalized spacial score (nSPS) is 12.0. The van der Waals surface area contributed by atoms with Gasteiger partial charge in [-0.05, 0) is 35.4 Å². The zero-order chi connectivity index (χ0) is 16.1. The van der Waals surface area contributed by atoms with Crippen molar-refractivity contribution in [2.45, 2.75) is 12.5 Å². The van der Waals surface area contributed by atoms with Crippen LogP contribution in [0.2, 0.25) is 5.02 Å². The Kier molecular flexibility index (Phi) is 5.46. The summed E-state index contributed by atoms with van der Waals surface area (Å²) in [6.07, 6.45) is -0.110. The lowest BCUT2D eigenvalue weighted by molar-refractivity contribution is -0.121. The van der Waals surface area contributed by atoms with Crippen molar-refractivity contribution >= 4 is 17.5 Å². The van der Waals surface area contributed by atoms with Crippen LogP contribution in [-0.4, -0.2) is 17.6 Å². The SMILES string of the molecule is O=C(Cc1ccc(F)c(F)c1)NC(CO)c1ccc(Cl)cc1. The van der Waals surface area contributed by atoms with Crippen LogP contribution in [0.1, 0.15) is 17.2 Å². The fourth-order valence-electron chi connectivity index (χ4n) is 2.01. The zero-order valence-corrected chi connectivity index (χ0v) is 12.3. The maximum atomic E-state index is 13.1. The summed E-state index contributed by atoms with van der Waals surface area (Å²) in [7, 11) is 0. The van der Waals surface area contributed by atoms with Crippen molar-refractivity contribution in [2.24, 2.45) is 0 Å². The standard InChI is InChI=1S/C16H14ClF2NO2/c17-12-4-2-11(3-5-12)15(9-21)20-16(22)8-10-1-6-13(18)14(19)7-10/h1-7,15,21H,8-9H2,(H,20,22). The molecule has 0 heterocycles. The lowest BCUT2D eigenvalue weighted by Crippen LogP contribution is -2.32. The van der Waals surface area contributed by atoms with Gasteiger partial charge in [-0.1, -0.05) is 29.8 Å². The fraction of sp³-hybridized carbons (Fsp3) is 0.188. The van der Waals surface area contributed by atoms with E-state index in [1.54, 1.807) is 24.3 Å². The van der Waals surface area contributed by atoms with Gasteiger partial charge in [0.2, 0.25) is 5.91 Å². The van der Waals surface area contributed by atoms with Gasteiger partial charge in [-0.25, -0.2) is 8.78 Å². The molecule has 0 saturated heterocycles. The van der Waals surface area contributed by atoms with Gasteiger partial charge in [-0.15, -0.1) is 0 Å². The van der Waals surface area contributed by atoms with E-state index < -0.39 is 23.6 Å². The van der Waals surface area contributed by atoms with Crippen LogP contribution in [0, 0.1) is 11.6 Å². The molecule has 116 valence electrons. The van der Waals surface area contributed by atoms with Crippen LogP contribution < -0.4 is 5.32 Å². The summed E-state index contributed by atoms with van der Waals surface area (Å²) in [6.45, 7) is -0.287. The Morgan fingerprint density at radius 1 is 1.14 bits per heavy atom. The van der Waals surface area contributed by atoms with Crippen LogP contribution in [0.3, 0.4) is 0 Å². The maximum absolute atomic E-state index is 13.1. The number of rotatable bonds is 5. The topological polar surface area (TPSA) is 49.3 Å². The molecule has 0 spiro atoms. The molecule has 22 heavy (non-hydrogen) atoms. The third-order valence-corrected chi connectivity index (χ3v) is 3.39. The highest BCUT2D eigenvalue weighted by Gasteiger charge is 2.14. The van der Waals surface area contributed by atoms with Crippen molar-refractivity contribution < 1.29 is 18.7 Å². The molecule has 0 bridgehead atoms. The first-order chi connectivity index (χ1) is 10.5. The largest absolute Gasteiger partial charge is 0.394 e. The second-order valence-electron chi connectivity index (χ2n) is 4.78. The minimum Gasteiger partial charge on any atom is -0.394 e. The van der Waals surface area contributed by atoms with Crippen molar-refractivity contribution in [1.29, 1.82) is 0 Å². The molecule has 0 aliphatic heterocycles. The van der Waals surface area contributed by atoms with Gasteiger partial charge in [-0.3, -0.25) is 4.79 Å². The molecular weight excluding hydrogens is 312 g/mol. The van der Waals surface area contributed by atoms with E-state index in [1.807, 2.05) is 0 Å². The maximum Gasteiger partial charge on any atom is 0.224 e. The number of nitrogens with one attached hydrogen (secondary N) is 1. The highest BCUT2D eigenvalue weighted by Crippen LogP contribution is 2.16. The summed E-state index contributed by atoms with van der Waals surface area (Å²) in [5.74, 6) is -2.36. The molecule has 0 saturated carbocycles. The van der Waals surface area contributed by atoms with Gasteiger partial charge in [-0.2, -0.15) is 0 Å². The van der Waals surface area contributed by atoms with E-state index in [1.165, 1.54) is 6.07 Å². The van der Waals surface area contributed by atoms with Crippen LogP contribution in [0.15, 0.2) is 42.5 Å². The van der Waals surface area contributed by atoms with Gasteiger partial charge in [0.15, 0.2) is 11.6 Å². The first-order valence-corrected chi connectivity index (χ1v) is 6.97. The average molecular weight is 326 g/mol. The first-order valence-electron chi connectivity index (χ1n) is 6.59. The highest BCUT2D eigenvalue weighted by atomic mass is 35.5. The fourth-order valence-corrected chi connectivity index (χ4v) is 2.14. The quantitative estimate of drug-likeness (QED) is 0.888. The number of hydrogen-bond acceptors (Lipinski definition) is 2. The van der Waals surface area contributed by atoms with E-state index in [0.717, 1.165) is 12.1 Å². The molecule has 0 fully saturated rings. The summed E-state index contributed by atoms with van der Waals surface area (Å²) >= 11 is 5.78. The van der Waals surface area contributed by atoms with Crippen molar-refractivity contribution in [3.8, 4) is 0 Å². The van der Waals surface area contributed by atoms with Crippen LogP contribution in [0.25, 0.3) is 0 Å². The number of benzene rings is 2. The number of amides is 1. The smallest absolute Gasteiger partial charge is 0.224 e. The van der Waals surface area contributed by atoms with Gasteiger partial charge < -0.3 is 10.4 Å². The van der Waals surface area contributed by atoms with Crippen molar-refractivity contribution in [3.63, 3.8) is 0 Å². The number of aliphatic hydroxyl groups excluding tert-OH is 1. The molecule has 1 amide bonds.